The first-order valence-corrected chi connectivity index (χ1v) is 8.82. The zero-order chi connectivity index (χ0) is 18.1. The molecule has 1 aromatic carbocycles. The monoisotopic (exact) mass is 360 g/mol. The maximum absolute atomic E-state index is 8.58. The van der Waals surface area contributed by atoms with Gasteiger partial charge in [0.05, 0.1) is 13.3 Å². The number of benzene rings is 1. The van der Waals surface area contributed by atoms with E-state index in [0.717, 1.165) is 12.0 Å². The van der Waals surface area contributed by atoms with Crippen molar-refractivity contribution in [2.24, 2.45) is 11.0 Å². The molecule has 2 rings (SSSR count). The second kappa shape index (κ2) is 9.84. The minimum atomic E-state index is -0.0229. The second-order valence-corrected chi connectivity index (χ2v) is 6.48. The van der Waals surface area contributed by atoms with Crippen LogP contribution < -0.4 is 20.2 Å². The number of nitriles is 1. The van der Waals surface area contributed by atoms with Crippen molar-refractivity contribution in [3.8, 4) is 17.6 Å². The highest BCUT2D eigenvalue weighted by Crippen LogP contribution is 2.27. The fourth-order valence-corrected chi connectivity index (χ4v) is 3.09. The van der Waals surface area contributed by atoms with Crippen LogP contribution in [0.2, 0.25) is 0 Å². The molecule has 1 saturated carbocycles. The Balaban J connectivity index is 1.88. The number of nitrogens with zero attached hydrogens (tertiary/aromatic N) is 2. The van der Waals surface area contributed by atoms with E-state index < -0.39 is 0 Å². The molecule has 0 spiro atoms. The van der Waals surface area contributed by atoms with Gasteiger partial charge < -0.3 is 14.8 Å². The van der Waals surface area contributed by atoms with Crippen LogP contribution in [0.15, 0.2) is 23.3 Å². The van der Waals surface area contributed by atoms with E-state index in [4.69, 9.17) is 27.0 Å². The molecule has 134 valence electrons. The quantitative estimate of drug-likeness (QED) is 0.461. The first-order valence-electron chi connectivity index (χ1n) is 8.41. The van der Waals surface area contributed by atoms with Crippen molar-refractivity contribution >= 4 is 23.5 Å². The third-order valence-electron chi connectivity index (χ3n) is 4.29. The van der Waals surface area contributed by atoms with E-state index in [0.29, 0.717) is 28.6 Å². The largest absolute Gasteiger partial charge is 0.493 e. The maximum Gasteiger partial charge on any atom is 0.187 e. The van der Waals surface area contributed by atoms with Gasteiger partial charge in [-0.15, -0.1) is 0 Å². The Morgan fingerprint density at radius 2 is 2.20 bits per heavy atom. The zero-order valence-corrected chi connectivity index (χ0v) is 15.4. The predicted octanol–water partition coefficient (Wildman–Crippen LogP) is 2.97. The van der Waals surface area contributed by atoms with E-state index in [1.54, 1.807) is 25.5 Å². The number of hydrogen-bond acceptors (Lipinski definition) is 5. The molecule has 25 heavy (non-hydrogen) atoms. The molecular formula is C18H24N4O2S. The van der Waals surface area contributed by atoms with Gasteiger partial charge in [-0.2, -0.15) is 10.4 Å². The van der Waals surface area contributed by atoms with Gasteiger partial charge in [-0.05, 0) is 54.7 Å². The molecule has 0 aliphatic heterocycles. The molecular weight excluding hydrogens is 336 g/mol. The van der Waals surface area contributed by atoms with E-state index in [1.165, 1.54) is 19.3 Å². The van der Waals surface area contributed by atoms with Crippen molar-refractivity contribution < 1.29 is 9.47 Å². The van der Waals surface area contributed by atoms with Crippen LogP contribution in [0.5, 0.6) is 11.5 Å². The summed E-state index contributed by atoms with van der Waals surface area (Å²) in [4.78, 5) is 0. The van der Waals surface area contributed by atoms with Gasteiger partial charge in [-0.1, -0.05) is 19.8 Å². The van der Waals surface area contributed by atoms with Gasteiger partial charge in [-0.25, -0.2) is 0 Å². The molecule has 1 fully saturated rings. The van der Waals surface area contributed by atoms with Gasteiger partial charge >= 0.3 is 0 Å². The van der Waals surface area contributed by atoms with E-state index in [-0.39, 0.29) is 6.61 Å². The van der Waals surface area contributed by atoms with E-state index in [1.807, 2.05) is 12.1 Å². The Kier molecular flexibility index (Phi) is 7.48. The van der Waals surface area contributed by atoms with E-state index >= 15 is 0 Å². The Bertz CT molecular complexity index is 657. The zero-order valence-electron chi connectivity index (χ0n) is 14.6. The lowest BCUT2D eigenvalue weighted by molar-refractivity contribution is 0.308. The van der Waals surface area contributed by atoms with Crippen molar-refractivity contribution in [1.82, 2.24) is 10.7 Å². The van der Waals surface area contributed by atoms with E-state index in [9.17, 15) is 0 Å². The molecule has 2 N–H and O–H groups in total. The number of hydrogen-bond donors (Lipinski definition) is 2. The summed E-state index contributed by atoms with van der Waals surface area (Å²) in [7, 11) is 1.55. The van der Waals surface area contributed by atoms with Gasteiger partial charge in [0.25, 0.3) is 0 Å². The minimum Gasteiger partial charge on any atom is -0.493 e. The lowest BCUT2D eigenvalue weighted by atomic mass is 9.86. The number of ether oxygens (including phenoxy) is 2. The van der Waals surface area contributed by atoms with Crippen LogP contribution in [0.1, 0.15) is 38.2 Å². The number of rotatable bonds is 6. The van der Waals surface area contributed by atoms with Crippen molar-refractivity contribution in [3.63, 3.8) is 0 Å². The summed E-state index contributed by atoms with van der Waals surface area (Å²) in [6.45, 7) is 2.23. The van der Waals surface area contributed by atoms with Gasteiger partial charge in [0, 0.05) is 6.04 Å². The topological polar surface area (TPSA) is 78.7 Å². The van der Waals surface area contributed by atoms with Crippen molar-refractivity contribution in [2.75, 3.05) is 13.7 Å². The number of hydrazone groups is 1. The smallest absolute Gasteiger partial charge is 0.187 e. The third kappa shape index (κ3) is 5.91. The van der Waals surface area contributed by atoms with Crippen LogP contribution in [-0.4, -0.2) is 31.1 Å². The third-order valence-corrected chi connectivity index (χ3v) is 4.50. The summed E-state index contributed by atoms with van der Waals surface area (Å²) in [5, 5.41) is 16.6. The molecule has 0 bridgehead atoms. The molecule has 0 heterocycles. The number of nitrogens with one attached hydrogen (secondary N) is 2. The molecule has 1 aromatic rings. The van der Waals surface area contributed by atoms with Crippen LogP contribution in [-0.2, 0) is 0 Å². The van der Waals surface area contributed by atoms with Gasteiger partial charge in [0.2, 0.25) is 0 Å². The van der Waals surface area contributed by atoms with Crippen molar-refractivity contribution in [3.05, 3.63) is 23.8 Å². The maximum atomic E-state index is 8.58. The Hall–Kier alpha value is -2.33. The molecule has 0 amide bonds. The molecule has 6 nitrogen and oxygen atoms in total. The first-order chi connectivity index (χ1) is 12.1. The highest BCUT2D eigenvalue weighted by Gasteiger charge is 2.21. The number of thiocarbonyl (C=S) groups is 1. The van der Waals surface area contributed by atoms with Gasteiger partial charge in [0.15, 0.2) is 23.2 Å². The standard InChI is InChI=1S/C18H24N4O2S/c1-13-5-3-4-6-15(13)21-18(25)22-20-12-14-7-8-16(24-10-9-19)17(11-14)23-2/h7-8,11-13,15H,3-6,10H2,1-2H3,(H2,21,22,25)/b20-12-/t13-,15-/m1/s1. The van der Waals surface area contributed by atoms with Crippen molar-refractivity contribution in [2.45, 2.75) is 38.6 Å². The molecule has 0 aromatic heterocycles. The second-order valence-electron chi connectivity index (χ2n) is 6.07. The van der Waals surface area contributed by atoms with Crippen LogP contribution >= 0.6 is 12.2 Å². The molecule has 0 radical (unpaired) electrons. The Labute approximate surface area is 154 Å². The molecule has 1 aliphatic carbocycles. The minimum absolute atomic E-state index is 0.0229. The summed E-state index contributed by atoms with van der Waals surface area (Å²) in [5.74, 6) is 1.70. The molecule has 1 aliphatic rings. The normalized spacial score (nSPS) is 19.9. The molecule has 0 unspecified atom stereocenters. The molecule has 0 saturated heterocycles. The van der Waals surface area contributed by atoms with Crippen LogP contribution in [0, 0.1) is 17.2 Å². The number of methoxy groups -OCH3 is 1. The average molecular weight is 360 g/mol. The summed E-state index contributed by atoms with van der Waals surface area (Å²) >= 11 is 5.31. The Morgan fingerprint density at radius 3 is 2.92 bits per heavy atom. The Morgan fingerprint density at radius 1 is 1.40 bits per heavy atom. The molecule has 2 atom stereocenters. The summed E-state index contributed by atoms with van der Waals surface area (Å²) in [6.07, 6.45) is 6.59. The van der Waals surface area contributed by atoms with Gasteiger partial charge in [-0.3, -0.25) is 5.43 Å². The molecule has 7 heteroatoms. The predicted molar refractivity (Wildman–Crippen MR) is 102 cm³/mol. The average Bonchev–Trinajstić information content (AvgIpc) is 2.62. The summed E-state index contributed by atoms with van der Waals surface area (Å²) in [5.41, 5.74) is 3.70. The lowest BCUT2D eigenvalue weighted by Crippen LogP contribution is -2.44. The van der Waals surface area contributed by atoms with Gasteiger partial charge in [0.1, 0.15) is 6.07 Å². The highest BCUT2D eigenvalue weighted by molar-refractivity contribution is 7.80. The van der Waals surface area contributed by atoms with Crippen LogP contribution in [0.4, 0.5) is 0 Å². The summed E-state index contributed by atoms with van der Waals surface area (Å²) < 4.78 is 10.6. The SMILES string of the molecule is COc1cc(/C=N\NC(=S)N[C@@H]2CCCC[C@H]2C)ccc1OCC#N. The first kappa shape index (κ1) is 19.0. The lowest BCUT2D eigenvalue weighted by Gasteiger charge is -2.30. The van der Waals surface area contributed by atoms with E-state index in [2.05, 4.69) is 22.8 Å². The van der Waals surface area contributed by atoms with Crippen LogP contribution in [0.25, 0.3) is 0 Å². The van der Waals surface area contributed by atoms with Crippen molar-refractivity contribution in [1.29, 1.82) is 5.26 Å². The van der Waals surface area contributed by atoms with Crippen LogP contribution in [0.3, 0.4) is 0 Å². The summed E-state index contributed by atoms with van der Waals surface area (Å²) in [6, 6.07) is 7.72. The highest BCUT2D eigenvalue weighted by atomic mass is 32.1. The fraction of sp³-hybridized carbons (Fsp3) is 0.500. The fourth-order valence-electron chi connectivity index (χ4n) is 2.89.